The maximum atomic E-state index is 12.1. The van der Waals surface area contributed by atoms with Crippen molar-refractivity contribution in [1.82, 2.24) is 0 Å². The van der Waals surface area contributed by atoms with E-state index in [1.807, 2.05) is 0 Å². The lowest BCUT2D eigenvalue weighted by molar-refractivity contribution is -0.158. The van der Waals surface area contributed by atoms with E-state index in [1.165, 1.54) is 33.5 Å². The lowest BCUT2D eigenvalue weighted by Crippen LogP contribution is -2.27. The first-order valence-corrected chi connectivity index (χ1v) is 6.90. The van der Waals surface area contributed by atoms with E-state index in [4.69, 9.17) is 23.7 Å². The molecule has 1 aromatic carbocycles. The Bertz CT molecular complexity index is 547. The zero-order chi connectivity index (χ0) is 17.6. The van der Waals surface area contributed by atoms with Crippen LogP contribution in [0.2, 0.25) is 0 Å². The van der Waals surface area contributed by atoms with Gasteiger partial charge in [-0.3, -0.25) is 0 Å². The third-order valence-electron chi connectivity index (χ3n) is 2.64. The molecule has 0 aliphatic carbocycles. The monoisotopic (exact) mass is 326 g/mol. The zero-order valence-electron chi connectivity index (χ0n) is 14.2. The average molecular weight is 326 g/mol. The van der Waals surface area contributed by atoms with Crippen LogP contribution in [0.5, 0.6) is 17.2 Å². The van der Waals surface area contributed by atoms with Crippen molar-refractivity contribution < 1.29 is 33.3 Å². The molecule has 0 amide bonds. The van der Waals surface area contributed by atoms with Crippen molar-refractivity contribution in [3.8, 4) is 17.2 Å². The van der Waals surface area contributed by atoms with E-state index in [0.29, 0.717) is 17.2 Å². The summed E-state index contributed by atoms with van der Waals surface area (Å²) in [6.07, 6.45) is 0. The molecule has 0 bridgehead atoms. The number of ether oxygens (including phenoxy) is 5. The molecule has 23 heavy (non-hydrogen) atoms. The second kappa shape index (κ2) is 7.71. The van der Waals surface area contributed by atoms with Crippen LogP contribution in [0, 0.1) is 0 Å². The number of hydrogen-bond donors (Lipinski definition) is 0. The highest BCUT2D eigenvalue weighted by molar-refractivity contribution is 5.92. The molecule has 1 rings (SSSR count). The molecule has 0 spiro atoms. The van der Waals surface area contributed by atoms with Crippen LogP contribution in [0.4, 0.5) is 0 Å². The molecule has 0 unspecified atom stereocenters. The number of methoxy groups -OCH3 is 3. The number of carbonyl (C=O) groups is 2. The van der Waals surface area contributed by atoms with Gasteiger partial charge in [-0.25, -0.2) is 9.59 Å². The van der Waals surface area contributed by atoms with Gasteiger partial charge in [0.15, 0.2) is 18.1 Å². The molecule has 0 aromatic heterocycles. The van der Waals surface area contributed by atoms with Crippen LogP contribution in [0.1, 0.15) is 31.1 Å². The summed E-state index contributed by atoms with van der Waals surface area (Å²) in [7, 11) is 4.33. The van der Waals surface area contributed by atoms with E-state index in [2.05, 4.69) is 0 Å². The molecular formula is C16H22O7. The molecule has 0 fully saturated rings. The Hall–Kier alpha value is -2.44. The van der Waals surface area contributed by atoms with Crippen LogP contribution in [-0.4, -0.2) is 45.5 Å². The Morgan fingerprint density at radius 1 is 0.957 bits per heavy atom. The summed E-state index contributed by atoms with van der Waals surface area (Å²) in [5.74, 6) is -0.334. The van der Waals surface area contributed by atoms with E-state index >= 15 is 0 Å². The van der Waals surface area contributed by atoms with Crippen LogP contribution in [0.15, 0.2) is 12.1 Å². The SMILES string of the molecule is COc1cc(C(=O)OCC(=O)OC(C)(C)C)cc(OC)c1OC. The fourth-order valence-corrected chi connectivity index (χ4v) is 1.78. The molecule has 0 heterocycles. The zero-order valence-corrected chi connectivity index (χ0v) is 14.2. The minimum Gasteiger partial charge on any atom is -0.493 e. The summed E-state index contributed by atoms with van der Waals surface area (Å²) in [5, 5.41) is 0. The maximum absolute atomic E-state index is 12.1. The fourth-order valence-electron chi connectivity index (χ4n) is 1.78. The van der Waals surface area contributed by atoms with Crippen molar-refractivity contribution in [2.45, 2.75) is 26.4 Å². The van der Waals surface area contributed by atoms with E-state index < -0.39 is 24.1 Å². The van der Waals surface area contributed by atoms with Crippen molar-refractivity contribution in [1.29, 1.82) is 0 Å². The molecule has 0 saturated carbocycles. The second-order valence-electron chi connectivity index (χ2n) is 5.58. The molecule has 0 aliphatic heterocycles. The van der Waals surface area contributed by atoms with E-state index in [0.717, 1.165) is 0 Å². The summed E-state index contributed by atoms with van der Waals surface area (Å²) in [5.41, 5.74) is -0.473. The van der Waals surface area contributed by atoms with Crippen LogP contribution in [-0.2, 0) is 14.3 Å². The topological polar surface area (TPSA) is 80.3 Å². The Kier molecular flexibility index (Phi) is 6.24. The van der Waals surface area contributed by atoms with E-state index in [9.17, 15) is 9.59 Å². The van der Waals surface area contributed by atoms with Crippen molar-refractivity contribution in [2.75, 3.05) is 27.9 Å². The quantitative estimate of drug-likeness (QED) is 0.741. The number of carbonyl (C=O) groups excluding carboxylic acids is 2. The first kappa shape index (κ1) is 18.6. The highest BCUT2D eigenvalue weighted by Crippen LogP contribution is 2.38. The molecule has 7 nitrogen and oxygen atoms in total. The van der Waals surface area contributed by atoms with Gasteiger partial charge in [0.1, 0.15) is 5.60 Å². The van der Waals surface area contributed by atoms with Gasteiger partial charge in [-0.15, -0.1) is 0 Å². The Morgan fingerprint density at radius 2 is 1.48 bits per heavy atom. The van der Waals surface area contributed by atoms with Crippen molar-refractivity contribution in [3.63, 3.8) is 0 Å². The number of esters is 2. The van der Waals surface area contributed by atoms with Gasteiger partial charge in [0, 0.05) is 0 Å². The highest BCUT2D eigenvalue weighted by Gasteiger charge is 2.21. The number of benzene rings is 1. The van der Waals surface area contributed by atoms with Crippen LogP contribution >= 0.6 is 0 Å². The summed E-state index contributed by atoms with van der Waals surface area (Å²) < 4.78 is 25.5. The second-order valence-corrected chi connectivity index (χ2v) is 5.58. The van der Waals surface area contributed by atoms with Gasteiger partial charge < -0.3 is 23.7 Å². The first-order chi connectivity index (χ1) is 10.7. The molecule has 0 N–H and O–H groups in total. The maximum Gasteiger partial charge on any atom is 0.344 e. The molecule has 128 valence electrons. The third kappa shape index (κ3) is 5.36. The molecular weight excluding hydrogens is 304 g/mol. The predicted molar refractivity (Wildman–Crippen MR) is 82.2 cm³/mol. The minimum atomic E-state index is -0.699. The molecule has 0 atom stereocenters. The predicted octanol–water partition coefficient (Wildman–Crippen LogP) is 2.21. The van der Waals surface area contributed by atoms with Gasteiger partial charge in [-0.05, 0) is 32.9 Å². The van der Waals surface area contributed by atoms with Crippen LogP contribution in [0.25, 0.3) is 0 Å². The van der Waals surface area contributed by atoms with Gasteiger partial charge in [-0.1, -0.05) is 0 Å². The minimum absolute atomic E-state index is 0.169. The van der Waals surface area contributed by atoms with Gasteiger partial charge in [0.2, 0.25) is 5.75 Å². The largest absolute Gasteiger partial charge is 0.493 e. The molecule has 0 radical (unpaired) electrons. The Balaban J connectivity index is 2.86. The van der Waals surface area contributed by atoms with Crippen molar-refractivity contribution in [3.05, 3.63) is 17.7 Å². The highest BCUT2D eigenvalue weighted by atomic mass is 16.6. The van der Waals surface area contributed by atoms with Crippen molar-refractivity contribution in [2.24, 2.45) is 0 Å². The first-order valence-electron chi connectivity index (χ1n) is 6.90. The van der Waals surface area contributed by atoms with Gasteiger partial charge in [0.25, 0.3) is 0 Å². The van der Waals surface area contributed by atoms with Crippen LogP contribution < -0.4 is 14.2 Å². The third-order valence-corrected chi connectivity index (χ3v) is 2.64. The number of rotatable bonds is 6. The summed E-state index contributed by atoms with van der Waals surface area (Å²) in [6, 6.07) is 2.89. The Morgan fingerprint density at radius 3 is 1.87 bits per heavy atom. The average Bonchev–Trinajstić information content (AvgIpc) is 2.49. The van der Waals surface area contributed by atoms with Gasteiger partial charge >= 0.3 is 11.9 Å². The van der Waals surface area contributed by atoms with Crippen LogP contribution in [0.3, 0.4) is 0 Å². The summed E-state index contributed by atoms with van der Waals surface area (Å²) in [4.78, 5) is 23.6. The molecule has 0 saturated heterocycles. The van der Waals surface area contributed by atoms with Gasteiger partial charge in [-0.2, -0.15) is 0 Å². The van der Waals surface area contributed by atoms with E-state index in [-0.39, 0.29) is 5.56 Å². The van der Waals surface area contributed by atoms with E-state index in [1.54, 1.807) is 20.8 Å². The van der Waals surface area contributed by atoms with Crippen molar-refractivity contribution >= 4 is 11.9 Å². The Labute approximate surface area is 135 Å². The lowest BCUT2D eigenvalue weighted by atomic mass is 10.2. The fraction of sp³-hybridized carbons (Fsp3) is 0.500. The molecule has 7 heteroatoms. The normalized spacial score (nSPS) is 10.7. The lowest BCUT2D eigenvalue weighted by Gasteiger charge is -2.19. The summed E-state index contributed by atoms with van der Waals surface area (Å²) in [6.45, 7) is 4.70. The smallest absolute Gasteiger partial charge is 0.344 e. The standard InChI is InChI=1S/C16H22O7/c1-16(2,3)23-13(17)9-22-15(18)10-7-11(19-4)14(21-6)12(8-10)20-5/h7-8H,9H2,1-6H3. The summed E-state index contributed by atoms with van der Waals surface area (Å²) >= 11 is 0. The molecule has 0 aliphatic rings. The molecule has 1 aromatic rings. The van der Waals surface area contributed by atoms with Gasteiger partial charge in [0.05, 0.1) is 26.9 Å². The number of hydrogen-bond acceptors (Lipinski definition) is 7.